The van der Waals surface area contributed by atoms with Gasteiger partial charge in [0.15, 0.2) is 0 Å². The highest BCUT2D eigenvalue weighted by molar-refractivity contribution is 6.31. The number of esters is 2. The molecule has 0 spiro atoms. The van der Waals surface area contributed by atoms with E-state index in [1.807, 2.05) is 27.7 Å². The van der Waals surface area contributed by atoms with Gasteiger partial charge in [-0.1, -0.05) is 24.3 Å². The fourth-order valence-electron chi connectivity index (χ4n) is 2.70. The molecule has 6 heteroatoms. The Kier molecular flexibility index (Phi) is 6.59. The summed E-state index contributed by atoms with van der Waals surface area (Å²) in [5, 5.41) is 0. The lowest BCUT2D eigenvalue weighted by atomic mass is 9.96. The van der Waals surface area contributed by atoms with Gasteiger partial charge in [-0.2, -0.15) is 0 Å². The Morgan fingerprint density at radius 1 is 0.679 bits per heavy atom. The summed E-state index contributed by atoms with van der Waals surface area (Å²) >= 11 is 0. The number of benzene rings is 2. The van der Waals surface area contributed by atoms with Gasteiger partial charge in [0.1, 0.15) is 11.5 Å². The van der Waals surface area contributed by atoms with Crippen LogP contribution in [-0.2, 0) is 22.4 Å². The zero-order valence-electron chi connectivity index (χ0n) is 16.8. The predicted molar refractivity (Wildman–Crippen MR) is 108 cm³/mol. The minimum absolute atomic E-state index is 0.265. The summed E-state index contributed by atoms with van der Waals surface area (Å²) in [5.74, 6) is -1.64. The fourth-order valence-corrected chi connectivity index (χ4v) is 2.70. The Morgan fingerprint density at radius 2 is 0.964 bits per heavy atom. The molecule has 0 saturated carbocycles. The van der Waals surface area contributed by atoms with Gasteiger partial charge in [0.25, 0.3) is 0 Å². The third-order valence-corrected chi connectivity index (χ3v) is 3.75. The first kappa shape index (κ1) is 21.6. The maximum atomic E-state index is 12.0. The smallest absolute Gasteiger partial charge is 0.418 e. The van der Waals surface area contributed by atoms with Crippen molar-refractivity contribution in [1.82, 2.24) is 0 Å². The molecular weight excluding hydrogens is 356 g/mol. The van der Waals surface area contributed by atoms with Crippen LogP contribution in [0.2, 0.25) is 0 Å². The van der Waals surface area contributed by atoms with Crippen LogP contribution in [-0.4, -0.2) is 23.0 Å². The molecule has 0 bridgehead atoms. The van der Waals surface area contributed by atoms with Crippen molar-refractivity contribution in [1.29, 1.82) is 0 Å². The van der Waals surface area contributed by atoms with Crippen LogP contribution in [0.1, 0.15) is 38.8 Å². The van der Waals surface area contributed by atoms with Gasteiger partial charge in [0.2, 0.25) is 0 Å². The monoisotopic (exact) mass is 384 g/mol. The van der Waals surface area contributed by atoms with Gasteiger partial charge >= 0.3 is 11.9 Å². The molecule has 0 aromatic heterocycles. The van der Waals surface area contributed by atoms with Crippen molar-refractivity contribution in [2.75, 3.05) is 0 Å². The predicted octanol–water partition coefficient (Wildman–Crippen LogP) is 2.76. The molecule has 0 aliphatic rings. The van der Waals surface area contributed by atoms with E-state index in [9.17, 15) is 9.59 Å². The number of rotatable bonds is 6. The lowest BCUT2D eigenvalue weighted by molar-refractivity contribution is -0.156. The van der Waals surface area contributed by atoms with Crippen LogP contribution in [0, 0.1) is 0 Å². The average molecular weight is 384 g/mol. The molecule has 2 rings (SSSR count). The van der Waals surface area contributed by atoms with Gasteiger partial charge in [0.05, 0.1) is 0 Å². The summed E-state index contributed by atoms with van der Waals surface area (Å²) in [6.07, 6.45) is 1.36. The maximum Gasteiger partial charge on any atom is 0.423 e. The van der Waals surface area contributed by atoms with Crippen LogP contribution in [0.5, 0.6) is 11.5 Å². The average Bonchev–Trinajstić information content (AvgIpc) is 2.55. The molecule has 0 radical (unpaired) electrons. The number of carbonyl (C=O) groups is 2. The number of nitrogens with two attached hydrogens (primary N) is 2. The highest BCUT2D eigenvalue weighted by Gasteiger charge is 2.20. The Hall–Kier alpha value is -2.70. The zero-order valence-corrected chi connectivity index (χ0v) is 16.8. The minimum Gasteiger partial charge on any atom is -0.418 e. The lowest BCUT2D eigenvalue weighted by Gasteiger charge is -2.18. The molecule has 0 heterocycles. The molecule has 0 saturated heterocycles. The molecular formula is C22H28N2O4. The molecule has 0 fully saturated rings. The summed E-state index contributed by atoms with van der Waals surface area (Å²) in [4.78, 5) is 23.9. The van der Waals surface area contributed by atoms with E-state index in [-0.39, 0.29) is 22.6 Å². The Balaban J connectivity index is 1.91. The molecule has 4 N–H and O–H groups in total. The van der Waals surface area contributed by atoms with E-state index in [1.54, 1.807) is 48.5 Å². The van der Waals surface area contributed by atoms with Gasteiger partial charge in [0, 0.05) is 11.1 Å². The molecule has 6 nitrogen and oxygen atoms in total. The highest BCUT2D eigenvalue weighted by Crippen LogP contribution is 2.18. The second-order valence-corrected chi connectivity index (χ2v) is 8.40. The van der Waals surface area contributed by atoms with Crippen molar-refractivity contribution in [2.24, 2.45) is 11.5 Å². The van der Waals surface area contributed by atoms with Crippen LogP contribution in [0.25, 0.3) is 0 Å². The van der Waals surface area contributed by atoms with Crippen LogP contribution < -0.4 is 20.9 Å². The molecule has 0 atom stereocenters. The minimum atomic E-state index is -1.08. The third-order valence-electron chi connectivity index (χ3n) is 3.75. The molecule has 0 aliphatic carbocycles. The normalized spacial score (nSPS) is 11.8. The van der Waals surface area contributed by atoms with Crippen molar-refractivity contribution >= 4 is 11.9 Å². The summed E-state index contributed by atoms with van der Waals surface area (Å²) in [5.41, 5.74) is 13.3. The molecule has 0 unspecified atom stereocenters. The van der Waals surface area contributed by atoms with Crippen LogP contribution in [0.15, 0.2) is 48.5 Å². The van der Waals surface area contributed by atoms with Gasteiger partial charge in [-0.25, -0.2) is 9.59 Å². The van der Waals surface area contributed by atoms with Crippen molar-refractivity contribution in [3.05, 3.63) is 59.7 Å². The molecule has 2 aromatic rings. The van der Waals surface area contributed by atoms with Gasteiger partial charge < -0.3 is 20.9 Å². The van der Waals surface area contributed by atoms with Crippen LogP contribution >= 0.6 is 0 Å². The fraction of sp³-hybridized carbons (Fsp3) is 0.364. The second-order valence-electron chi connectivity index (χ2n) is 8.40. The summed E-state index contributed by atoms with van der Waals surface area (Å²) < 4.78 is 10.1. The molecule has 0 aliphatic heterocycles. The summed E-state index contributed by atoms with van der Waals surface area (Å²) in [7, 11) is 0. The first-order chi connectivity index (χ1) is 12.9. The van der Waals surface area contributed by atoms with E-state index < -0.39 is 11.9 Å². The largest absolute Gasteiger partial charge is 0.423 e. The zero-order chi connectivity index (χ0) is 20.9. The van der Waals surface area contributed by atoms with E-state index in [0.717, 1.165) is 11.1 Å². The SMILES string of the molecule is CC(C)(N)Cc1ccc(OC(=O)C(=O)Oc2ccc(CC(C)(C)N)cc2)cc1. The van der Waals surface area contributed by atoms with Crippen LogP contribution in [0.4, 0.5) is 0 Å². The maximum absolute atomic E-state index is 12.0. The number of hydrogen-bond acceptors (Lipinski definition) is 6. The van der Waals surface area contributed by atoms with Crippen LogP contribution in [0.3, 0.4) is 0 Å². The van der Waals surface area contributed by atoms with Crippen molar-refractivity contribution in [3.63, 3.8) is 0 Å². The first-order valence-electron chi connectivity index (χ1n) is 9.11. The number of ether oxygens (including phenoxy) is 2. The third kappa shape index (κ3) is 7.50. The number of hydrogen-bond donors (Lipinski definition) is 2. The van der Waals surface area contributed by atoms with Crippen molar-refractivity contribution in [2.45, 2.75) is 51.6 Å². The lowest BCUT2D eigenvalue weighted by Crippen LogP contribution is -2.34. The van der Waals surface area contributed by atoms with Gasteiger partial charge in [-0.05, 0) is 75.9 Å². The Labute approximate surface area is 165 Å². The van der Waals surface area contributed by atoms with Gasteiger partial charge in [-0.15, -0.1) is 0 Å². The summed E-state index contributed by atoms with van der Waals surface area (Å²) in [6, 6.07) is 13.7. The number of carbonyl (C=O) groups excluding carboxylic acids is 2. The molecule has 150 valence electrons. The molecule has 0 amide bonds. The summed E-state index contributed by atoms with van der Waals surface area (Å²) in [6.45, 7) is 7.72. The topological polar surface area (TPSA) is 105 Å². The quantitative estimate of drug-likeness (QED) is 0.451. The standard InChI is InChI=1S/C22H28N2O4/c1-21(2,23)13-15-5-9-17(10-6-15)27-19(25)20(26)28-18-11-7-16(8-12-18)14-22(3,4)24/h5-12H,13-14,23-24H2,1-4H3. The van der Waals surface area contributed by atoms with E-state index in [1.165, 1.54) is 0 Å². The second kappa shape index (κ2) is 8.54. The van der Waals surface area contributed by atoms with E-state index in [0.29, 0.717) is 12.8 Å². The molecule has 2 aromatic carbocycles. The van der Waals surface area contributed by atoms with Gasteiger partial charge in [-0.3, -0.25) is 0 Å². The van der Waals surface area contributed by atoms with E-state index in [4.69, 9.17) is 20.9 Å². The van der Waals surface area contributed by atoms with Crippen molar-refractivity contribution in [3.8, 4) is 11.5 Å². The van der Waals surface area contributed by atoms with E-state index in [2.05, 4.69) is 0 Å². The molecule has 28 heavy (non-hydrogen) atoms. The van der Waals surface area contributed by atoms with E-state index >= 15 is 0 Å². The Bertz CT molecular complexity index is 742. The first-order valence-corrected chi connectivity index (χ1v) is 9.11. The van der Waals surface area contributed by atoms with Crippen molar-refractivity contribution < 1.29 is 19.1 Å². The highest BCUT2D eigenvalue weighted by atomic mass is 16.6. The Morgan fingerprint density at radius 3 is 1.21 bits per heavy atom.